The van der Waals surface area contributed by atoms with Crippen molar-refractivity contribution in [1.29, 1.82) is 0 Å². The first kappa shape index (κ1) is 24.9. The molecule has 0 aliphatic rings. The Labute approximate surface area is 195 Å². The van der Waals surface area contributed by atoms with Crippen molar-refractivity contribution in [2.75, 3.05) is 13.2 Å². The molecule has 176 valence electrons. The molecule has 3 rings (SSSR count). The van der Waals surface area contributed by atoms with Gasteiger partial charge in [0.2, 0.25) is 0 Å². The van der Waals surface area contributed by atoms with Crippen LogP contribution in [0.3, 0.4) is 0 Å². The predicted molar refractivity (Wildman–Crippen MR) is 123 cm³/mol. The summed E-state index contributed by atoms with van der Waals surface area (Å²) in [6.07, 6.45) is -3.57. The summed E-state index contributed by atoms with van der Waals surface area (Å²) in [5.41, 5.74) is 2.22. The van der Waals surface area contributed by atoms with Gasteiger partial charge in [0.15, 0.2) is 5.78 Å². The number of thiazole rings is 1. The van der Waals surface area contributed by atoms with E-state index < -0.39 is 11.7 Å². The van der Waals surface area contributed by atoms with Gasteiger partial charge in [-0.05, 0) is 55.2 Å². The largest absolute Gasteiger partial charge is 0.491 e. The third-order valence-electron chi connectivity index (χ3n) is 5.17. The molecule has 0 spiro atoms. The number of benzene rings is 2. The van der Waals surface area contributed by atoms with Crippen molar-refractivity contribution >= 4 is 17.1 Å². The maximum atomic E-state index is 12.9. The van der Waals surface area contributed by atoms with E-state index in [-0.39, 0.29) is 24.9 Å². The molecule has 1 N–H and O–H groups in total. The number of aliphatic hydroxyl groups is 1. The molecule has 33 heavy (non-hydrogen) atoms. The first-order chi connectivity index (χ1) is 15.6. The van der Waals surface area contributed by atoms with Crippen LogP contribution in [-0.4, -0.2) is 29.1 Å². The van der Waals surface area contributed by atoms with Crippen LogP contribution in [0.5, 0.6) is 5.75 Å². The van der Waals surface area contributed by atoms with E-state index in [0.29, 0.717) is 34.7 Å². The summed E-state index contributed by atoms with van der Waals surface area (Å²) in [6.45, 7) is 5.96. The number of nitrogens with zero attached hydrogens (tertiary/aromatic N) is 1. The van der Waals surface area contributed by atoms with Crippen LogP contribution in [0.25, 0.3) is 10.6 Å². The lowest BCUT2D eigenvalue weighted by atomic mass is 9.99. The number of hydrogen-bond donors (Lipinski definition) is 1. The topological polar surface area (TPSA) is 59.4 Å². The fourth-order valence-electron chi connectivity index (χ4n) is 3.48. The van der Waals surface area contributed by atoms with Crippen LogP contribution in [0, 0.1) is 6.92 Å². The van der Waals surface area contributed by atoms with E-state index in [0.717, 1.165) is 28.3 Å². The first-order valence-electron chi connectivity index (χ1n) is 10.6. The lowest BCUT2D eigenvalue weighted by molar-refractivity contribution is -0.137. The first-order valence-corrected chi connectivity index (χ1v) is 11.5. The average Bonchev–Trinajstić information content (AvgIpc) is 3.20. The van der Waals surface area contributed by atoms with Crippen LogP contribution in [0.2, 0.25) is 0 Å². The van der Waals surface area contributed by atoms with E-state index in [9.17, 15) is 18.0 Å². The minimum Gasteiger partial charge on any atom is -0.491 e. The SMILES string of the molecule is Cc1cc(OCCO)ccc1C(=O)CCc1sc(-c2ccc(C(F)(F)F)cc2)nc1C(C)C. The smallest absolute Gasteiger partial charge is 0.416 e. The van der Waals surface area contributed by atoms with Gasteiger partial charge in [0.25, 0.3) is 0 Å². The summed E-state index contributed by atoms with van der Waals surface area (Å²) in [5, 5.41) is 9.52. The number of ketones is 1. The number of halogens is 3. The molecule has 0 aliphatic heterocycles. The van der Waals surface area contributed by atoms with Crippen LogP contribution in [0.15, 0.2) is 42.5 Å². The molecule has 1 heterocycles. The molecular weight excluding hydrogens is 451 g/mol. The molecule has 0 atom stereocenters. The van der Waals surface area contributed by atoms with Crippen molar-refractivity contribution in [3.8, 4) is 16.3 Å². The van der Waals surface area contributed by atoms with E-state index >= 15 is 0 Å². The van der Waals surface area contributed by atoms with Crippen LogP contribution < -0.4 is 4.74 Å². The van der Waals surface area contributed by atoms with Gasteiger partial charge in [-0.3, -0.25) is 4.79 Å². The van der Waals surface area contributed by atoms with Gasteiger partial charge in [-0.25, -0.2) is 4.98 Å². The molecule has 0 saturated carbocycles. The summed E-state index contributed by atoms with van der Waals surface area (Å²) >= 11 is 1.42. The molecule has 0 radical (unpaired) electrons. The molecule has 0 fully saturated rings. The highest BCUT2D eigenvalue weighted by Gasteiger charge is 2.30. The fraction of sp³-hybridized carbons (Fsp3) is 0.360. The molecule has 0 saturated heterocycles. The second kappa shape index (κ2) is 10.5. The minimum absolute atomic E-state index is 0.000365. The number of rotatable bonds is 9. The van der Waals surface area contributed by atoms with E-state index in [1.807, 2.05) is 20.8 Å². The van der Waals surface area contributed by atoms with Crippen molar-refractivity contribution in [2.45, 2.75) is 45.7 Å². The Hall–Kier alpha value is -2.71. The van der Waals surface area contributed by atoms with E-state index in [1.54, 1.807) is 18.2 Å². The molecule has 1 aromatic heterocycles. The van der Waals surface area contributed by atoms with E-state index in [4.69, 9.17) is 9.84 Å². The van der Waals surface area contributed by atoms with Crippen LogP contribution in [0.4, 0.5) is 13.2 Å². The summed E-state index contributed by atoms with van der Waals surface area (Å²) in [7, 11) is 0. The molecule has 0 unspecified atom stereocenters. The standard InChI is InChI=1S/C25H26F3NO3S/c1-15(2)23-22(33-24(29-23)17-4-6-18(7-5-17)25(26,27)28)11-10-21(31)20-9-8-19(14-16(20)3)32-13-12-30/h4-9,14-15,30H,10-13H2,1-3H3. The molecule has 2 aromatic carbocycles. The fourth-order valence-corrected chi connectivity index (χ4v) is 4.70. The van der Waals surface area contributed by atoms with E-state index in [2.05, 4.69) is 4.98 Å². The molecule has 0 bridgehead atoms. The maximum Gasteiger partial charge on any atom is 0.416 e. The highest BCUT2D eigenvalue weighted by molar-refractivity contribution is 7.15. The average molecular weight is 478 g/mol. The maximum absolute atomic E-state index is 12.9. The number of aromatic nitrogens is 1. The Kier molecular flexibility index (Phi) is 7.92. The van der Waals surface area contributed by atoms with Crippen molar-refractivity contribution < 1.29 is 27.8 Å². The summed E-state index contributed by atoms with van der Waals surface area (Å²) in [4.78, 5) is 18.5. The minimum atomic E-state index is -4.38. The Morgan fingerprint density at radius 3 is 2.42 bits per heavy atom. The third kappa shape index (κ3) is 6.21. The highest BCUT2D eigenvalue weighted by Crippen LogP contribution is 2.35. The molecule has 0 amide bonds. The zero-order valence-electron chi connectivity index (χ0n) is 18.7. The van der Waals surface area contributed by atoms with Crippen molar-refractivity contribution in [3.63, 3.8) is 0 Å². The Morgan fingerprint density at radius 1 is 1.15 bits per heavy atom. The zero-order chi connectivity index (χ0) is 24.2. The molecular formula is C25H26F3NO3S. The molecule has 4 nitrogen and oxygen atoms in total. The van der Waals surface area contributed by atoms with Crippen molar-refractivity contribution in [1.82, 2.24) is 4.98 Å². The number of hydrogen-bond acceptors (Lipinski definition) is 5. The van der Waals surface area contributed by atoms with Crippen molar-refractivity contribution in [2.24, 2.45) is 0 Å². The summed E-state index contributed by atoms with van der Waals surface area (Å²) in [6, 6.07) is 10.2. The number of alkyl halides is 3. The van der Waals surface area contributed by atoms with Gasteiger partial charge in [-0.2, -0.15) is 13.2 Å². The zero-order valence-corrected chi connectivity index (χ0v) is 19.5. The monoisotopic (exact) mass is 477 g/mol. The second-order valence-corrected chi connectivity index (χ2v) is 9.11. The highest BCUT2D eigenvalue weighted by atomic mass is 32.1. The Morgan fingerprint density at radius 2 is 1.85 bits per heavy atom. The van der Waals surface area contributed by atoms with Gasteiger partial charge in [0.05, 0.1) is 17.9 Å². The quantitative estimate of drug-likeness (QED) is 0.360. The van der Waals surface area contributed by atoms with Gasteiger partial charge in [0.1, 0.15) is 17.4 Å². The van der Waals surface area contributed by atoms with Gasteiger partial charge >= 0.3 is 6.18 Å². The third-order valence-corrected chi connectivity index (χ3v) is 6.35. The van der Waals surface area contributed by atoms with Gasteiger partial charge in [-0.15, -0.1) is 11.3 Å². The number of carbonyl (C=O) groups excluding carboxylic acids is 1. The van der Waals surface area contributed by atoms with Gasteiger partial charge in [-0.1, -0.05) is 26.0 Å². The normalized spacial score (nSPS) is 11.8. The van der Waals surface area contributed by atoms with Crippen molar-refractivity contribution in [3.05, 3.63) is 69.7 Å². The summed E-state index contributed by atoms with van der Waals surface area (Å²) < 4.78 is 43.9. The molecule has 0 aliphatic carbocycles. The number of aryl methyl sites for hydroxylation is 2. The Bertz CT molecular complexity index is 1110. The van der Waals surface area contributed by atoms with Gasteiger partial charge < -0.3 is 9.84 Å². The lowest BCUT2D eigenvalue weighted by Gasteiger charge is -2.09. The number of aliphatic hydroxyl groups excluding tert-OH is 1. The van der Waals surface area contributed by atoms with Gasteiger partial charge in [0, 0.05) is 22.4 Å². The van der Waals surface area contributed by atoms with Crippen LogP contribution in [-0.2, 0) is 12.6 Å². The number of Topliss-reactive ketones (excluding diaryl/α,β-unsaturated/α-hetero) is 1. The second-order valence-electron chi connectivity index (χ2n) is 8.03. The molecule has 3 aromatic rings. The predicted octanol–water partition coefficient (Wildman–Crippen LogP) is 6.45. The van der Waals surface area contributed by atoms with Crippen LogP contribution in [0.1, 0.15) is 58.2 Å². The van der Waals surface area contributed by atoms with E-state index in [1.165, 1.54) is 23.5 Å². The van der Waals surface area contributed by atoms with Crippen LogP contribution >= 0.6 is 11.3 Å². The molecule has 8 heteroatoms. The number of carbonyl (C=O) groups is 1. The lowest BCUT2D eigenvalue weighted by Crippen LogP contribution is -2.06. The number of ether oxygens (including phenoxy) is 1. The Balaban J connectivity index is 1.76. The summed E-state index contributed by atoms with van der Waals surface area (Å²) in [5.74, 6) is 0.725.